The van der Waals surface area contributed by atoms with Crippen LogP contribution in [0.1, 0.15) is 28.9 Å². The molecule has 0 radical (unpaired) electrons. The number of likely N-dealkylation sites (tertiary alicyclic amines) is 1. The van der Waals surface area contributed by atoms with Gasteiger partial charge in [-0.15, -0.1) is 0 Å². The van der Waals surface area contributed by atoms with Gasteiger partial charge in [0.25, 0.3) is 5.91 Å². The number of carbonyl (C=O) groups excluding carboxylic acids is 1. The number of aromatic nitrogens is 2. The predicted molar refractivity (Wildman–Crippen MR) is 120 cm³/mol. The summed E-state index contributed by atoms with van der Waals surface area (Å²) in [5.41, 5.74) is 4.16. The molecule has 2 aromatic carbocycles. The number of aromatic amines is 1. The minimum absolute atomic E-state index is 0.0516. The third-order valence-electron chi connectivity index (χ3n) is 6.64. The lowest BCUT2D eigenvalue weighted by Crippen LogP contribution is -2.56. The smallest absolute Gasteiger partial charge is 0.275 e. The summed E-state index contributed by atoms with van der Waals surface area (Å²) < 4.78 is 0. The van der Waals surface area contributed by atoms with Gasteiger partial charge in [-0.1, -0.05) is 36.4 Å². The summed E-state index contributed by atoms with van der Waals surface area (Å²) in [6, 6.07) is 16.9. The van der Waals surface area contributed by atoms with Gasteiger partial charge in [0.1, 0.15) is 0 Å². The number of hydrogen-bond donors (Lipinski definition) is 1. The standard InChI is InChI=1S/C24H29N5O/c1-18-7-2-5-11-22(18)28-15-13-27(14-16-28)19-8-6-12-29(17-19)24(30)23-20-9-3-4-10-21(20)25-26-23/h2-5,7,9-11,19H,6,8,12-17H2,1H3,(H,25,26). The molecule has 6 nitrogen and oxygen atoms in total. The normalized spacial score (nSPS) is 20.6. The highest BCUT2D eigenvalue weighted by Crippen LogP contribution is 2.25. The van der Waals surface area contributed by atoms with Gasteiger partial charge in [-0.2, -0.15) is 5.10 Å². The third-order valence-corrected chi connectivity index (χ3v) is 6.64. The van der Waals surface area contributed by atoms with Crippen molar-refractivity contribution >= 4 is 22.5 Å². The molecule has 1 N–H and O–H groups in total. The van der Waals surface area contributed by atoms with Gasteiger partial charge in [0.15, 0.2) is 5.69 Å². The molecule has 2 aliphatic rings. The van der Waals surface area contributed by atoms with Gasteiger partial charge in [0.2, 0.25) is 0 Å². The number of piperazine rings is 1. The third kappa shape index (κ3) is 3.56. The second-order valence-corrected chi connectivity index (χ2v) is 8.47. The quantitative estimate of drug-likeness (QED) is 0.729. The fraction of sp³-hybridized carbons (Fsp3) is 0.417. The highest BCUT2D eigenvalue weighted by molar-refractivity contribution is 6.04. The van der Waals surface area contributed by atoms with Crippen LogP contribution in [0.15, 0.2) is 48.5 Å². The number of para-hydroxylation sites is 2. The molecule has 30 heavy (non-hydrogen) atoms. The van der Waals surface area contributed by atoms with Gasteiger partial charge in [0, 0.05) is 56.4 Å². The van der Waals surface area contributed by atoms with Crippen LogP contribution in [0.4, 0.5) is 5.69 Å². The van der Waals surface area contributed by atoms with E-state index in [0.717, 1.165) is 63.0 Å². The molecular weight excluding hydrogens is 374 g/mol. The van der Waals surface area contributed by atoms with Gasteiger partial charge in [-0.25, -0.2) is 0 Å². The van der Waals surface area contributed by atoms with Crippen molar-refractivity contribution in [2.75, 3.05) is 44.2 Å². The van der Waals surface area contributed by atoms with Crippen molar-refractivity contribution < 1.29 is 4.79 Å². The van der Waals surface area contributed by atoms with Gasteiger partial charge < -0.3 is 9.80 Å². The number of amides is 1. The number of aryl methyl sites for hydroxylation is 1. The number of nitrogens with zero attached hydrogens (tertiary/aromatic N) is 4. The van der Waals surface area contributed by atoms with Crippen molar-refractivity contribution in [3.05, 3.63) is 59.8 Å². The van der Waals surface area contributed by atoms with Crippen LogP contribution in [0.2, 0.25) is 0 Å². The fourth-order valence-electron chi connectivity index (χ4n) is 4.96. The van der Waals surface area contributed by atoms with Crippen molar-refractivity contribution in [2.45, 2.75) is 25.8 Å². The molecule has 0 aliphatic carbocycles. The van der Waals surface area contributed by atoms with Crippen LogP contribution >= 0.6 is 0 Å². The first-order chi connectivity index (χ1) is 14.7. The Balaban J connectivity index is 1.24. The van der Waals surface area contributed by atoms with Gasteiger partial charge >= 0.3 is 0 Å². The highest BCUT2D eigenvalue weighted by Gasteiger charge is 2.31. The number of rotatable bonds is 3. The number of fused-ring (bicyclic) bond motifs is 1. The predicted octanol–water partition coefficient (Wildman–Crippen LogP) is 3.30. The molecule has 2 aliphatic heterocycles. The maximum absolute atomic E-state index is 13.2. The fourth-order valence-corrected chi connectivity index (χ4v) is 4.96. The van der Waals surface area contributed by atoms with Gasteiger partial charge in [-0.05, 0) is 37.5 Å². The van der Waals surface area contributed by atoms with Crippen LogP contribution in [0.25, 0.3) is 10.9 Å². The van der Waals surface area contributed by atoms with E-state index < -0.39 is 0 Å². The molecule has 1 amide bonds. The molecule has 2 fully saturated rings. The van der Waals surface area contributed by atoms with E-state index >= 15 is 0 Å². The highest BCUT2D eigenvalue weighted by atomic mass is 16.2. The summed E-state index contributed by atoms with van der Waals surface area (Å²) in [6.45, 7) is 7.98. The van der Waals surface area contributed by atoms with E-state index in [1.807, 2.05) is 29.2 Å². The first kappa shape index (κ1) is 19.1. The van der Waals surface area contributed by atoms with Crippen LogP contribution in [-0.2, 0) is 0 Å². The zero-order valence-corrected chi connectivity index (χ0v) is 17.6. The zero-order valence-electron chi connectivity index (χ0n) is 17.6. The molecule has 1 atom stereocenters. The summed E-state index contributed by atoms with van der Waals surface area (Å²) in [5, 5.41) is 8.23. The molecule has 3 heterocycles. The molecule has 156 valence electrons. The average molecular weight is 404 g/mol. The minimum Gasteiger partial charge on any atom is -0.369 e. The number of carbonyl (C=O) groups is 1. The molecule has 0 bridgehead atoms. The van der Waals surface area contributed by atoms with Crippen LogP contribution in [0.5, 0.6) is 0 Å². The van der Waals surface area contributed by atoms with Crippen molar-refractivity contribution in [3.8, 4) is 0 Å². The van der Waals surface area contributed by atoms with E-state index in [2.05, 4.69) is 51.2 Å². The zero-order chi connectivity index (χ0) is 20.5. The van der Waals surface area contributed by atoms with E-state index in [1.165, 1.54) is 11.3 Å². The second-order valence-electron chi connectivity index (χ2n) is 8.47. The maximum atomic E-state index is 13.2. The number of piperidine rings is 1. The van der Waals surface area contributed by atoms with Crippen LogP contribution in [0, 0.1) is 6.92 Å². The number of hydrogen-bond acceptors (Lipinski definition) is 4. The summed E-state index contributed by atoms with van der Waals surface area (Å²) in [5.74, 6) is 0.0516. The maximum Gasteiger partial charge on any atom is 0.275 e. The van der Waals surface area contributed by atoms with E-state index in [4.69, 9.17) is 0 Å². The first-order valence-electron chi connectivity index (χ1n) is 11.0. The monoisotopic (exact) mass is 403 g/mol. The first-order valence-corrected chi connectivity index (χ1v) is 11.0. The van der Waals surface area contributed by atoms with Crippen LogP contribution in [0.3, 0.4) is 0 Å². The van der Waals surface area contributed by atoms with E-state index in [1.54, 1.807) is 0 Å². The van der Waals surface area contributed by atoms with E-state index in [0.29, 0.717) is 11.7 Å². The van der Waals surface area contributed by atoms with Gasteiger partial charge in [-0.3, -0.25) is 14.8 Å². The molecule has 3 aromatic rings. The Morgan fingerprint density at radius 2 is 1.77 bits per heavy atom. The molecule has 1 unspecified atom stereocenters. The molecule has 1 aromatic heterocycles. The van der Waals surface area contributed by atoms with Crippen molar-refractivity contribution in [1.82, 2.24) is 20.0 Å². The Hall–Kier alpha value is -2.86. The second kappa shape index (κ2) is 8.11. The van der Waals surface area contributed by atoms with Crippen molar-refractivity contribution in [3.63, 3.8) is 0 Å². The molecule has 5 rings (SSSR count). The largest absolute Gasteiger partial charge is 0.369 e. The number of anilines is 1. The minimum atomic E-state index is 0.0516. The lowest BCUT2D eigenvalue weighted by molar-refractivity contribution is 0.0560. The Bertz CT molecular complexity index is 1040. The van der Waals surface area contributed by atoms with E-state index in [9.17, 15) is 4.79 Å². The summed E-state index contributed by atoms with van der Waals surface area (Å²) >= 11 is 0. The SMILES string of the molecule is Cc1ccccc1N1CCN(C2CCCN(C(=O)c3n[nH]c4ccccc34)C2)CC1. The van der Waals surface area contributed by atoms with Crippen LogP contribution in [-0.4, -0.2) is 71.2 Å². The molecule has 0 spiro atoms. The van der Waals surface area contributed by atoms with Crippen molar-refractivity contribution in [1.29, 1.82) is 0 Å². The van der Waals surface area contributed by atoms with E-state index in [-0.39, 0.29) is 5.91 Å². The lowest BCUT2D eigenvalue weighted by atomic mass is 10.0. The summed E-state index contributed by atoms with van der Waals surface area (Å²) in [7, 11) is 0. The Labute approximate surface area is 177 Å². The number of H-pyrrole nitrogens is 1. The Kier molecular flexibility index (Phi) is 5.17. The Morgan fingerprint density at radius 1 is 1.00 bits per heavy atom. The van der Waals surface area contributed by atoms with Gasteiger partial charge in [0.05, 0.1) is 5.52 Å². The molecule has 0 saturated carbocycles. The molecular formula is C24H29N5O. The molecule has 6 heteroatoms. The lowest BCUT2D eigenvalue weighted by Gasteiger charge is -2.44. The van der Waals surface area contributed by atoms with Crippen LogP contribution < -0.4 is 4.90 Å². The number of benzene rings is 2. The molecule has 2 saturated heterocycles. The summed E-state index contributed by atoms with van der Waals surface area (Å²) in [6.07, 6.45) is 2.21. The van der Waals surface area contributed by atoms with Crippen molar-refractivity contribution in [2.24, 2.45) is 0 Å². The average Bonchev–Trinajstić information content (AvgIpc) is 3.23. The summed E-state index contributed by atoms with van der Waals surface area (Å²) in [4.78, 5) is 20.3. The Morgan fingerprint density at radius 3 is 2.60 bits per heavy atom. The topological polar surface area (TPSA) is 55.5 Å². The number of nitrogens with one attached hydrogen (secondary N) is 1.